The third-order valence-electron chi connectivity index (χ3n) is 2.38. The molecule has 8 heteroatoms. The predicted octanol–water partition coefficient (Wildman–Crippen LogP) is 0.294. The van der Waals surface area contributed by atoms with Gasteiger partial charge in [-0.25, -0.2) is 13.4 Å². The highest BCUT2D eigenvalue weighted by molar-refractivity contribution is 7.89. The van der Waals surface area contributed by atoms with E-state index in [4.69, 9.17) is 5.11 Å². The van der Waals surface area contributed by atoms with Crippen LogP contribution in [0, 0.1) is 0 Å². The van der Waals surface area contributed by atoms with Crippen molar-refractivity contribution in [3.8, 4) is 0 Å². The Bertz CT molecular complexity index is 521. The number of hydrogen-bond donors (Lipinski definition) is 1. The molecule has 0 radical (unpaired) electrons. The summed E-state index contributed by atoms with van der Waals surface area (Å²) in [5, 5.41) is 8.58. The molecule has 0 unspecified atom stereocenters. The van der Waals surface area contributed by atoms with E-state index in [0.29, 0.717) is 0 Å². The third-order valence-corrected chi connectivity index (χ3v) is 4.34. The molecule has 7 nitrogen and oxygen atoms in total. The van der Waals surface area contributed by atoms with E-state index < -0.39 is 16.0 Å². The highest BCUT2D eigenvalue weighted by Gasteiger charge is 2.29. The fraction of sp³-hybridized carbons (Fsp3) is 0.600. The maximum Gasteiger partial charge on any atom is 0.304 e. The quantitative estimate of drug-likeness (QED) is 0.805. The van der Waals surface area contributed by atoms with E-state index in [2.05, 4.69) is 4.98 Å². The molecule has 0 fully saturated rings. The van der Waals surface area contributed by atoms with Crippen LogP contribution in [0.25, 0.3) is 0 Å². The van der Waals surface area contributed by atoms with Gasteiger partial charge in [-0.05, 0) is 13.8 Å². The van der Waals surface area contributed by atoms with Gasteiger partial charge in [-0.1, -0.05) is 0 Å². The molecule has 1 aromatic heterocycles. The van der Waals surface area contributed by atoms with Crippen LogP contribution < -0.4 is 0 Å². The van der Waals surface area contributed by atoms with Crippen LogP contribution >= 0.6 is 0 Å². The van der Waals surface area contributed by atoms with Crippen LogP contribution in [0.4, 0.5) is 0 Å². The van der Waals surface area contributed by atoms with E-state index in [1.54, 1.807) is 20.9 Å². The average molecular weight is 275 g/mol. The zero-order valence-corrected chi connectivity index (χ0v) is 11.4. The minimum atomic E-state index is -3.74. The summed E-state index contributed by atoms with van der Waals surface area (Å²) in [5.41, 5.74) is 0. The summed E-state index contributed by atoms with van der Waals surface area (Å²) in [4.78, 5) is 14.4. The van der Waals surface area contributed by atoms with Gasteiger partial charge in [-0.3, -0.25) is 4.79 Å². The number of carboxylic acid groups (broad SMARTS) is 1. The van der Waals surface area contributed by atoms with Gasteiger partial charge < -0.3 is 9.67 Å². The van der Waals surface area contributed by atoms with Gasteiger partial charge in [0.25, 0.3) is 10.0 Å². The number of nitrogens with zero attached hydrogens (tertiary/aromatic N) is 3. The minimum Gasteiger partial charge on any atom is -0.481 e. The van der Waals surface area contributed by atoms with Crippen molar-refractivity contribution in [3.05, 3.63) is 12.5 Å². The van der Waals surface area contributed by atoms with E-state index >= 15 is 0 Å². The molecule has 0 saturated heterocycles. The lowest BCUT2D eigenvalue weighted by Gasteiger charge is -2.24. The van der Waals surface area contributed by atoms with Crippen molar-refractivity contribution in [2.75, 3.05) is 6.54 Å². The Hall–Kier alpha value is -1.41. The second-order valence-corrected chi connectivity index (χ2v) is 6.07. The van der Waals surface area contributed by atoms with Crippen LogP contribution in [-0.4, -0.2) is 45.9 Å². The summed E-state index contributed by atoms with van der Waals surface area (Å²) in [6.07, 6.45) is 2.55. The summed E-state index contributed by atoms with van der Waals surface area (Å²) < 4.78 is 27.2. The van der Waals surface area contributed by atoms with Crippen molar-refractivity contribution >= 4 is 16.0 Å². The largest absolute Gasteiger partial charge is 0.481 e. The molecule has 0 spiro atoms. The van der Waals surface area contributed by atoms with Gasteiger partial charge in [0.15, 0.2) is 5.03 Å². The lowest BCUT2D eigenvalue weighted by atomic mass is 10.3. The molecule has 0 bridgehead atoms. The smallest absolute Gasteiger partial charge is 0.304 e. The first-order valence-corrected chi connectivity index (χ1v) is 6.90. The Kier molecular flexibility index (Phi) is 4.47. The molecule has 102 valence electrons. The second-order valence-electron chi connectivity index (χ2n) is 4.23. The van der Waals surface area contributed by atoms with Crippen LogP contribution in [0.2, 0.25) is 0 Å². The lowest BCUT2D eigenvalue weighted by Crippen LogP contribution is -2.38. The maximum absolute atomic E-state index is 12.3. The fourth-order valence-electron chi connectivity index (χ4n) is 1.50. The van der Waals surface area contributed by atoms with Crippen LogP contribution in [-0.2, 0) is 21.9 Å². The third kappa shape index (κ3) is 3.30. The van der Waals surface area contributed by atoms with E-state index in [0.717, 1.165) is 4.31 Å². The molecule has 1 rings (SSSR count). The zero-order chi connectivity index (χ0) is 13.9. The Morgan fingerprint density at radius 3 is 2.56 bits per heavy atom. The van der Waals surface area contributed by atoms with Gasteiger partial charge in [0.2, 0.25) is 0 Å². The molecule has 0 atom stereocenters. The Balaban J connectivity index is 3.01. The summed E-state index contributed by atoms with van der Waals surface area (Å²) >= 11 is 0. The number of sulfonamides is 1. The van der Waals surface area contributed by atoms with E-state index in [-0.39, 0.29) is 24.0 Å². The number of hydrogen-bond acceptors (Lipinski definition) is 4. The highest BCUT2D eigenvalue weighted by atomic mass is 32.2. The Morgan fingerprint density at radius 1 is 1.56 bits per heavy atom. The molecule has 1 heterocycles. The molecule has 0 aromatic carbocycles. The number of aromatic nitrogens is 2. The van der Waals surface area contributed by atoms with Crippen molar-refractivity contribution in [1.82, 2.24) is 13.9 Å². The van der Waals surface area contributed by atoms with Gasteiger partial charge in [0, 0.05) is 25.8 Å². The molecule has 0 amide bonds. The van der Waals surface area contributed by atoms with Crippen molar-refractivity contribution in [3.63, 3.8) is 0 Å². The molecular weight excluding hydrogens is 258 g/mol. The monoisotopic (exact) mass is 275 g/mol. The van der Waals surface area contributed by atoms with Crippen molar-refractivity contribution in [2.45, 2.75) is 31.3 Å². The molecule has 0 aliphatic rings. The molecule has 0 saturated carbocycles. The van der Waals surface area contributed by atoms with E-state index in [1.807, 2.05) is 0 Å². The Morgan fingerprint density at radius 2 is 2.17 bits per heavy atom. The first-order valence-electron chi connectivity index (χ1n) is 5.46. The van der Waals surface area contributed by atoms with Crippen molar-refractivity contribution in [2.24, 2.45) is 7.05 Å². The normalized spacial score (nSPS) is 12.3. The summed E-state index contributed by atoms with van der Waals surface area (Å²) in [6.45, 7) is 3.33. The van der Waals surface area contributed by atoms with Crippen LogP contribution in [0.1, 0.15) is 20.3 Å². The fourth-order valence-corrected chi connectivity index (χ4v) is 3.11. The van der Waals surface area contributed by atoms with Gasteiger partial charge >= 0.3 is 5.97 Å². The Labute approximate surface area is 106 Å². The van der Waals surface area contributed by atoms with Gasteiger partial charge in [-0.15, -0.1) is 0 Å². The molecule has 0 aliphatic carbocycles. The average Bonchev–Trinajstić information content (AvgIpc) is 2.64. The predicted molar refractivity (Wildman–Crippen MR) is 64.5 cm³/mol. The van der Waals surface area contributed by atoms with Crippen molar-refractivity contribution < 1.29 is 18.3 Å². The number of aryl methyl sites for hydroxylation is 1. The van der Waals surface area contributed by atoms with E-state index in [9.17, 15) is 13.2 Å². The summed E-state index contributed by atoms with van der Waals surface area (Å²) in [7, 11) is -2.07. The molecule has 1 N–H and O–H groups in total. The summed E-state index contributed by atoms with van der Waals surface area (Å²) in [5.74, 6) is -1.03. The topological polar surface area (TPSA) is 92.5 Å². The maximum atomic E-state index is 12.3. The second kappa shape index (κ2) is 5.49. The highest BCUT2D eigenvalue weighted by Crippen LogP contribution is 2.16. The van der Waals surface area contributed by atoms with Gasteiger partial charge in [0.05, 0.1) is 12.7 Å². The lowest BCUT2D eigenvalue weighted by molar-refractivity contribution is -0.137. The first-order chi connectivity index (χ1) is 8.25. The first kappa shape index (κ1) is 14.7. The van der Waals surface area contributed by atoms with E-state index in [1.165, 1.54) is 17.1 Å². The number of aliphatic carboxylic acids is 1. The van der Waals surface area contributed by atoms with Gasteiger partial charge in [0.1, 0.15) is 0 Å². The van der Waals surface area contributed by atoms with Gasteiger partial charge in [-0.2, -0.15) is 4.31 Å². The molecule has 18 heavy (non-hydrogen) atoms. The number of imidazole rings is 1. The standard InChI is InChI=1S/C10H17N3O4S/c1-8(2)13(5-4-10(14)15)18(16,17)9-6-12(3)7-11-9/h6-8H,4-5H2,1-3H3,(H,14,15). The molecular formula is C10H17N3O4S. The molecule has 0 aliphatic heterocycles. The molecule has 1 aromatic rings. The summed E-state index contributed by atoms with van der Waals surface area (Å²) in [6, 6.07) is -0.323. The van der Waals surface area contributed by atoms with Crippen LogP contribution in [0.5, 0.6) is 0 Å². The number of carbonyl (C=O) groups is 1. The number of rotatable bonds is 6. The van der Waals surface area contributed by atoms with Crippen molar-refractivity contribution in [1.29, 1.82) is 0 Å². The SMILES string of the molecule is CC(C)N(CCC(=O)O)S(=O)(=O)c1cn(C)cn1. The van der Waals surface area contributed by atoms with Crippen LogP contribution in [0.3, 0.4) is 0 Å². The number of carboxylic acids is 1. The zero-order valence-electron chi connectivity index (χ0n) is 10.6. The van der Waals surface area contributed by atoms with Crippen LogP contribution in [0.15, 0.2) is 17.6 Å². The minimum absolute atomic E-state index is 0.0636.